The summed E-state index contributed by atoms with van der Waals surface area (Å²) >= 11 is 3.23. The van der Waals surface area contributed by atoms with Crippen molar-refractivity contribution in [2.24, 2.45) is 0 Å². The Hall–Kier alpha value is -0.880. The second kappa shape index (κ2) is 3.33. The van der Waals surface area contributed by atoms with E-state index in [-0.39, 0.29) is 0 Å². The lowest BCUT2D eigenvalue weighted by atomic mass is 10.4. The van der Waals surface area contributed by atoms with E-state index in [2.05, 4.69) is 31.8 Å². The zero-order valence-electron chi connectivity index (χ0n) is 5.21. The molecule has 0 radical (unpaired) electrons. The van der Waals surface area contributed by atoms with Crippen molar-refractivity contribution in [1.82, 2.24) is 9.97 Å². The molecule has 0 spiro atoms. The molecule has 0 aliphatic heterocycles. The molecule has 0 bridgehead atoms. The molecule has 0 unspecified atom stereocenters. The molecule has 0 aliphatic rings. The Morgan fingerprint density at radius 2 is 2.10 bits per heavy atom. The van der Waals surface area contributed by atoms with Gasteiger partial charge in [0.2, 0.25) is 0 Å². The third kappa shape index (κ3) is 1.55. The second-order valence-corrected chi connectivity index (χ2v) is 2.23. The number of hydrogen-bond acceptors (Lipinski definition) is 2. The lowest BCUT2D eigenvalue weighted by molar-refractivity contribution is 1.03. The fraction of sp³-hybridized carbons (Fsp3) is 0.143. The average Bonchev–Trinajstić information content (AvgIpc) is 2.05. The van der Waals surface area contributed by atoms with E-state index in [0.717, 1.165) is 5.82 Å². The fourth-order valence-corrected chi connectivity index (χ4v) is 0.788. The van der Waals surface area contributed by atoms with Gasteiger partial charge in [-0.15, -0.1) is 6.42 Å². The van der Waals surface area contributed by atoms with Crippen molar-refractivity contribution in [2.75, 3.05) is 0 Å². The molecule has 10 heavy (non-hydrogen) atoms. The highest BCUT2D eigenvalue weighted by Gasteiger charge is 1.90. The highest BCUT2D eigenvalue weighted by molar-refractivity contribution is 9.08. The van der Waals surface area contributed by atoms with Crippen LogP contribution in [-0.4, -0.2) is 9.97 Å². The molecule has 0 amide bonds. The van der Waals surface area contributed by atoms with E-state index in [0.29, 0.717) is 10.9 Å². The maximum absolute atomic E-state index is 5.10. The van der Waals surface area contributed by atoms with Crippen LogP contribution < -0.4 is 0 Å². The molecule has 0 atom stereocenters. The average molecular weight is 197 g/mol. The summed E-state index contributed by atoms with van der Waals surface area (Å²) in [7, 11) is 0. The number of hydrogen-bond donors (Lipinski definition) is 0. The van der Waals surface area contributed by atoms with Gasteiger partial charge >= 0.3 is 0 Å². The second-order valence-electron chi connectivity index (χ2n) is 1.67. The van der Waals surface area contributed by atoms with E-state index in [1.807, 2.05) is 0 Å². The van der Waals surface area contributed by atoms with E-state index in [1.165, 1.54) is 0 Å². The lowest BCUT2D eigenvalue weighted by Crippen LogP contribution is -1.89. The molecular formula is C7H5BrN2. The minimum atomic E-state index is 0.665. The van der Waals surface area contributed by atoms with E-state index < -0.39 is 0 Å². The van der Waals surface area contributed by atoms with Crippen LogP contribution in [-0.2, 0) is 5.33 Å². The van der Waals surface area contributed by atoms with E-state index in [4.69, 9.17) is 6.42 Å². The SMILES string of the molecule is C#Cc1cnc(CBr)nc1. The molecule has 1 heterocycles. The maximum atomic E-state index is 5.10. The molecule has 2 nitrogen and oxygen atoms in total. The summed E-state index contributed by atoms with van der Waals surface area (Å²) in [6.45, 7) is 0. The number of rotatable bonds is 1. The Morgan fingerprint density at radius 3 is 2.50 bits per heavy atom. The monoisotopic (exact) mass is 196 g/mol. The third-order valence-corrected chi connectivity index (χ3v) is 1.49. The molecule has 1 rings (SSSR count). The molecular weight excluding hydrogens is 192 g/mol. The fourth-order valence-electron chi connectivity index (χ4n) is 0.498. The minimum Gasteiger partial charge on any atom is -0.239 e. The third-order valence-electron chi connectivity index (χ3n) is 0.992. The minimum absolute atomic E-state index is 0.665. The zero-order valence-corrected chi connectivity index (χ0v) is 6.80. The van der Waals surface area contributed by atoms with Crippen LogP contribution in [0.3, 0.4) is 0 Å². The van der Waals surface area contributed by atoms with Crippen molar-refractivity contribution in [3.63, 3.8) is 0 Å². The van der Waals surface area contributed by atoms with Crippen LogP contribution >= 0.6 is 15.9 Å². The molecule has 3 heteroatoms. The van der Waals surface area contributed by atoms with Crippen LogP contribution in [0.15, 0.2) is 12.4 Å². The van der Waals surface area contributed by atoms with Crippen molar-refractivity contribution >= 4 is 15.9 Å². The van der Waals surface area contributed by atoms with Gasteiger partial charge in [-0.25, -0.2) is 9.97 Å². The van der Waals surface area contributed by atoms with Gasteiger partial charge in [-0.3, -0.25) is 0 Å². The molecule has 1 aromatic rings. The van der Waals surface area contributed by atoms with Gasteiger partial charge in [0.15, 0.2) is 0 Å². The lowest BCUT2D eigenvalue weighted by Gasteiger charge is -1.91. The van der Waals surface area contributed by atoms with E-state index in [9.17, 15) is 0 Å². The van der Waals surface area contributed by atoms with E-state index in [1.54, 1.807) is 12.4 Å². The Balaban J connectivity index is 2.93. The van der Waals surface area contributed by atoms with Crippen molar-refractivity contribution < 1.29 is 0 Å². The summed E-state index contributed by atoms with van der Waals surface area (Å²) in [6.07, 6.45) is 8.36. The van der Waals surface area contributed by atoms with Gasteiger partial charge in [-0.05, 0) is 0 Å². The molecule has 0 aromatic carbocycles. The molecule has 0 saturated carbocycles. The first-order valence-corrected chi connectivity index (χ1v) is 3.82. The van der Waals surface area contributed by atoms with Crippen LogP contribution in [0.5, 0.6) is 0 Å². The van der Waals surface area contributed by atoms with Gasteiger partial charge in [-0.2, -0.15) is 0 Å². The summed E-state index contributed by atoms with van der Waals surface area (Å²) in [5, 5.41) is 0.665. The Morgan fingerprint density at radius 1 is 1.50 bits per heavy atom. The predicted octanol–water partition coefficient (Wildman–Crippen LogP) is 1.35. The summed E-state index contributed by atoms with van der Waals surface area (Å²) < 4.78 is 0. The van der Waals surface area contributed by atoms with Gasteiger partial charge < -0.3 is 0 Å². The normalized spacial score (nSPS) is 8.80. The molecule has 0 N–H and O–H groups in total. The van der Waals surface area contributed by atoms with Crippen LogP contribution in [0, 0.1) is 12.3 Å². The maximum Gasteiger partial charge on any atom is 0.138 e. The largest absolute Gasteiger partial charge is 0.239 e. The molecule has 1 aromatic heterocycles. The van der Waals surface area contributed by atoms with Gasteiger partial charge in [0, 0.05) is 12.4 Å². The predicted molar refractivity (Wildman–Crippen MR) is 42.6 cm³/mol. The van der Waals surface area contributed by atoms with Crippen LogP contribution in [0.2, 0.25) is 0 Å². The number of halogens is 1. The first-order valence-electron chi connectivity index (χ1n) is 2.70. The number of terminal acetylenes is 1. The highest BCUT2D eigenvalue weighted by Crippen LogP contribution is 1.97. The van der Waals surface area contributed by atoms with Gasteiger partial charge in [0.1, 0.15) is 5.82 Å². The van der Waals surface area contributed by atoms with Gasteiger partial charge in [0.05, 0.1) is 10.9 Å². The summed E-state index contributed by atoms with van der Waals surface area (Å²) in [5.41, 5.74) is 0.713. The van der Waals surface area contributed by atoms with Crippen LogP contribution in [0.4, 0.5) is 0 Å². The molecule has 50 valence electrons. The molecule has 0 saturated heterocycles. The van der Waals surface area contributed by atoms with Gasteiger partial charge in [0.25, 0.3) is 0 Å². The number of nitrogens with zero attached hydrogens (tertiary/aromatic N) is 2. The quantitative estimate of drug-likeness (QED) is 0.501. The van der Waals surface area contributed by atoms with Crippen LogP contribution in [0.25, 0.3) is 0 Å². The Bertz CT molecular complexity index is 247. The topological polar surface area (TPSA) is 25.8 Å². The first-order chi connectivity index (χ1) is 4.86. The van der Waals surface area contributed by atoms with Gasteiger partial charge in [-0.1, -0.05) is 21.9 Å². The van der Waals surface area contributed by atoms with Crippen molar-refractivity contribution in [2.45, 2.75) is 5.33 Å². The summed E-state index contributed by atoms with van der Waals surface area (Å²) in [5.74, 6) is 3.19. The Kier molecular flexibility index (Phi) is 2.41. The molecule has 0 aliphatic carbocycles. The summed E-state index contributed by atoms with van der Waals surface area (Å²) in [6, 6.07) is 0. The van der Waals surface area contributed by atoms with Crippen molar-refractivity contribution in [3.05, 3.63) is 23.8 Å². The highest BCUT2D eigenvalue weighted by atomic mass is 79.9. The first kappa shape index (κ1) is 7.23. The number of aromatic nitrogens is 2. The van der Waals surface area contributed by atoms with Crippen molar-refractivity contribution in [3.8, 4) is 12.3 Å². The molecule has 0 fully saturated rings. The van der Waals surface area contributed by atoms with E-state index >= 15 is 0 Å². The standard InChI is InChI=1S/C7H5BrN2/c1-2-6-4-9-7(3-8)10-5-6/h1,4-5H,3H2. The smallest absolute Gasteiger partial charge is 0.138 e. The Labute approximate surface area is 67.8 Å². The number of alkyl halides is 1. The van der Waals surface area contributed by atoms with Crippen LogP contribution in [0.1, 0.15) is 11.4 Å². The van der Waals surface area contributed by atoms with Crippen molar-refractivity contribution in [1.29, 1.82) is 0 Å². The zero-order chi connectivity index (χ0) is 7.40. The summed E-state index contributed by atoms with van der Waals surface area (Å²) in [4.78, 5) is 7.94.